The van der Waals surface area contributed by atoms with Crippen LogP contribution in [0.1, 0.15) is 28.4 Å². The van der Waals surface area contributed by atoms with Crippen molar-refractivity contribution < 1.29 is 8.78 Å². The topological polar surface area (TPSA) is 38.9 Å². The summed E-state index contributed by atoms with van der Waals surface area (Å²) in [5, 5.41) is 0. The minimum atomic E-state index is -0.878. The minimum absolute atomic E-state index is 0.156. The molecule has 2 rings (SSSR count). The third kappa shape index (κ3) is 2.24. The zero-order valence-corrected chi connectivity index (χ0v) is 10.2. The number of nitrogens with two attached hydrogens (primary N) is 1. The van der Waals surface area contributed by atoms with Crippen molar-refractivity contribution in [1.29, 1.82) is 0 Å². The molecule has 0 saturated heterocycles. The molecule has 18 heavy (non-hydrogen) atoms. The number of hydrogen-bond donors (Lipinski definition) is 1. The van der Waals surface area contributed by atoms with Crippen molar-refractivity contribution in [2.75, 3.05) is 0 Å². The summed E-state index contributed by atoms with van der Waals surface area (Å²) < 4.78 is 27.3. The first-order chi connectivity index (χ1) is 8.50. The highest BCUT2D eigenvalue weighted by molar-refractivity contribution is 5.34. The third-order valence-corrected chi connectivity index (χ3v) is 2.92. The molecule has 0 amide bonds. The van der Waals surface area contributed by atoms with Crippen molar-refractivity contribution in [2.24, 2.45) is 5.73 Å². The molecule has 0 saturated carbocycles. The minimum Gasteiger partial charge on any atom is -0.320 e. The van der Waals surface area contributed by atoms with Gasteiger partial charge in [-0.05, 0) is 37.1 Å². The van der Waals surface area contributed by atoms with E-state index < -0.39 is 17.7 Å². The standard InChI is InChI=1S/C14H14F2N2/c1-8-3-4-11(13(16)12(8)15)14(17)10-5-6-18-9(2)7-10/h3-7,14H,17H2,1-2H3. The van der Waals surface area contributed by atoms with Crippen molar-refractivity contribution in [3.8, 4) is 0 Å². The Morgan fingerprint density at radius 1 is 1.11 bits per heavy atom. The quantitative estimate of drug-likeness (QED) is 0.887. The lowest BCUT2D eigenvalue weighted by molar-refractivity contribution is 0.489. The molecule has 0 spiro atoms. The summed E-state index contributed by atoms with van der Waals surface area (Å²) in [5.41, 5.74) is 7.90. The van der Waals surface area contributed by atoms with E-state index in [-0.39, 0.29) is 11.1 Å². The van der Waals surface area contributed by atoms with E-state index in [1.54, 1.807) is 18.3 Å². The second kappa shape index (κ2) is 4.82. The van der Waals surface area contributed by atoms with Gasteiger partial charge in [0, 0.05) is 17.5 Å². The van der Waals surface area contributed by atoms with Gasteiger partial charge in [0.1, 0.15) is 0 Å². The summed E-state index contributed by atoms with van der Waals surface area (Å²) in [7, 11) is 0. The third-order valence-electron chi connectivity index (χ3n) is 2.92. The zero-order valence-electron chi connectivity index (χ0n) is 10.2. The Hall–Kier alpha value is -1.81. The van der Waals surface area contributed by atoms with Gasteiger partial charge >= 0.3 is 0 Å². The smallest absolute Gasteiger partial charge is 0.164 e. The van der Waals surface area contributed by atoms with Crippen molar-refractivity contribution in [3.63, 3.8) is 0 Å². The van der Waals surface area contributed by atoms with Crippen LogP contribution in [0.4, 0.5) is 8.78 Å². The van der Waals surface area contributed by atoms with Gasteiger partial charge in [0.2, 0.25) is 0 Å². The predicted molar refractivity (Wildman–Crippen MR) is 66.1 cm³/mol. The van der Waals surface area contributed by atoms with E-state index >= 15 is 0 Å². The van der Waals surface area contributed by atoms with Gasteiger partial charge < -0.3 is 5.73 Å². The molecule has 0 radical (unpaired) electrons. The molecule has 1 unspecified atom stereocenters. The van der Waals surface area contributed by atoms with Crippen LogP contribution >= 0.6 is 0 Å². The van der Waals surface area contributed by atoms with Crippen molar-refractivity contribution >= 4 is 0 Å². The molecule has 0 aliphatic rings. The van der Waals surface area contributed by atoms with Gasteiger partial charge in [-0.25, -0.2) is 8.78 Å². The molecule has 2 N–H and O–H groups in total. The number of hydrogen-bond acceptors (Lipinski definition) is 2. The van der Waals surface area contributed by atoms with Gasteiger partial charge in [0.15, 0.2) is 11.6 Å². The number of rotatable bonds is 2. The number of halogens is 2. The van der Waals surface area contributed by atoms with Gasteiger partial charge in [-0.1, -0.05) is 12.1 Å². The number of aromatic nitrogens is 1. The van der Waals surface area contributed by atoms with Gasteiger partial charge in [-0.15, -0.1) is 0 Å². The number of nitrogens with zero attached hydrogens (tertiary/aromatic N) is 1. The zero-order chi connectivity index (χ0) is 13.3. The molecular weight excluding hydrogens is 234 g/mol. The lowest BCUT2D eigenvalue weighted by Crippen LogP contribution is -2.15. The first-order valence-electron chi connectivity index (χ1n) is 5.63. The van der Waals surface area contributed by atoms with Crippen LogP contribution in [0.5, 0.6) is 0 Å². The molecule has 0 aliphatic carbocycles. The molecule has 2 nitrogen and oxygen atoms in total. The second-order valence-electron chi connectivity index (χ2n) is 4.31. The van der Waals surface area contributed by atoms with Crippen molar-refractivity contribution in [3.05, 3.63) is 64.5 Å². The van der Waals surface area contributed by atoms with E-state index in [1.165, 1.54) is 19.1 Å². The Bertz CT molecular complexity index is 582. The van der Waals surface area contributed by atoms with Gasteiger partial charge in [-0.2, -0.15) is 0 Å². The summed E-state index contributed by atoms with van der Waals surface area (Å²) >= 11 is 0. The molecule has 0 aliphatic heterocycles. The summed E-state index contributed by atoms with van der Waals surface area (Å²) in [6.45, 7) is 3.34. The molecule has 1 heterocycles. The van der Waals surface area contributed by atoms with Crippen LogP contribution in [0.25, 0.3) is 0 Å². The molecule has 0 bridgehead atoms. The van der Waals surface area contributed by atoms with E-state index in [4.69, 9.17) is 5.73 Å². The Balaban J connectivity index is 2.46. The molecule has 0 fully saturated rings. The van der Waals surface area contributed by atoms with Crippen LogP contribution in [0.15, 0.2) is 30.5 Å². The number of aryl methyl sites for hydroxylation is 2. The lowest BCUT2D eigenvalue weighted by Gasteiger charge is -2.14. The van der Waals surface area contributed by atoms with E-state index in [2.05, 4.69) is 4.98 Å². The molecule has 1 atom stereocenters. The van der Waals surface area contributed by atoms with E-state index in [9.17, 15) is 8.78 Å². The maximum absolute atomic E-state index is 13.8. The molecule has 94 valence electrons. The van der Waals surface area contributed by atoms with Crippen molar-refractivity contribution in [1.82, 2.24) is 4.98 Å². The van der Waals surface area contributed by atoms with Gasteiger partial charge in [-0.3, -0.25) is 4.98 Å². The highest BCUT2D eigenvalue weighted by Crippen LogP contribution is 2.25. The highest BCUT2D eigenvalue weighted by atomic mass is 19.2. The Morgan fingerprint density at radius 3 is 2.50 bits per heavy atom. The maximum atomic E-state index is 13.8. The molecule has 1 aromatic carbocycles. The number of benzene rings is 1. The molecule has 1 aromatic heterocycles. The summed E-state index contributed by atoms with van der Waals surface area (Å²) in [5.74, 6) is -1.72. The van der Waals surface area contributed by atoms with Crippen molar-refractivity contribution in [2.45, 2.75) is 19.9 Å². The average molecular weight is 248 g/mol. The monoisotopic (exact) mass is 248 g/mol. The first kappa shape index (κ1) is 12.6. The predicted octanol–water partition coefficient (Wildman–Crippen LogP) is 3.02. The van der Waals surface area contributed by atoms with E-state index in [1.807, 2.05) is 6.92 Å². The normalized spacial score (nSPS) is 12.5. The lowest BCUT2D eigenvalue weighted by atomic mass is 9.98. The fourth-order valence-electron chi connectivity index (χ4n) is 1.84. The largest absolute Gasteiger partial charge is 0.320 e. The second-order valence-corrected chi connectivity index (χ2v) is 4.31. The molecule has 2 aromatic rings. The van der Waals surface area contributed by atoms with Crippen LogP contribution in [-0.4, -0.2) is 4.98 Å². The summed E-state index contributed by atoms with van der Waals surface area (Å²) in [4.78, 5) is 4.05. The van der Waals surface area contributed by atoms with Gasteiger partial charge in [0.25, 0.3) is 0 Å². The molecular formula is C14H14F2N2. The molecule has 4 heteroatoms. The first-order valence-corrected chi connectivity index (χ1v) is 5.63. The SMILES string of the molecule is Cc1cc(C(N)c2ccc(C)c(F)c2F)ccn1. The fourth-order valence-corrected chi connectivity index (χ4v) is 1.84. The Kier molecular flexibility index (Phi) is 3.39. The number of pyridine rings is 1. The van der Waals surface area contributed by atoms with E-state index in [0.29, 0.717) is 5.56 Å². The summed E-state index contributed by atoms with van der Waals surface area (Å²) in [6, 6.07) is 5.83. The van der Waals surface area contributed by atoms with Crippen LogP contribution < -0.4 is 5.73 Å². The average Bonchev–Trinajstić information content (AvgIpc) is 2.35. The summed E-state index contributed by atoms with van der Waals surface area (Å²) in [6.07, 6.45) is 1.60. The van der Waals surface area contributed by atoms with E-state index in [0.717, 1.165) is 5.69 Å². The van der Waals surface area contributed by atoms with Crippen LogP contribution in [0.3, 0.4) is 0 Å². The van der Waals surface area contributed by atoms with Gasteiger partial charge in [0.05, 0.1) is 6.04 Å². The van der Waals surface area contributed by atoms with Crippen LogP contribution in [-0.2, 0) is 0 Å². The van der Waals surface area contributed by atoms with Crippen LogP contribution in [0.2, 0.25) is 0 Å². The Morgan fingerprint density at radius 2 is 1.83 bits per heavy atom. The maximum Gasteiger partial charge on any atom is 0.164 e. The Labute approximate surface area is 104 Å². The fraction of sp³-hybridized carbons (Fsp3) is 0.214. The highest BCUT2D eigenvalue weighted by Gasteiger charge is 2.18. The van der Waals surface area contributed by atoms with Crippen LogP contribution in [0, 0.1) is 25.5 Å².